The molecule has 0 atom stereocenters. The molecule has 0 saturated carbocycles. The summed E-state index contributed by atoms with van der Waals surface area (Å²) in [6.07, 6.45) is -0.908. The van der Waals surface area contributed by atoms with Gasteiger partial charge in [0.25, 0.3) is 5.91 Å². The maximum absolute atomic E-state index is 11.6. The summed E-state index contributed by atoms with van der Waals surface area (Å²) in [7, 11) is 0. The van der Waals surface area contributed by atoms with E-state index < -0.39 is 6.09 Å². The summed E-state index contributed by atoms with van der Waals surface area (Å²) in [5, 5.41) is 0. The smallest absolute Gasteiger partial charge is 0.405 e. The van der Waals surface area contributed by atoms with Gasteiger partial charge >= 0.3 is 6.09 Å². The summed E-state index contributed by atoms with van der Waals surface area (Å²) >= 11 is 0. The normalized spacial score (nSPS) is 17.6. The molecule has 0 unspecified atom stereocenters. The maximum atomic E-state index is 11.6. The molecular formula is C10H19N3O3. The van der Waals surface area contributed by atoms with Crippen molar-refractivity contribution in [2.24, 2.45) is 5.73 Å². The molecule has 6 nitrogen and oxygen atoms in total. The fourth-order valence-corrected chi connectivity index (χ4v) is 1.71. The molecule has 0 radical (unpaired) electrons. The van der Waals surface area contributed by atoms with E-state index in [1.165, 1.54) is 0 Å². The van der Waals surface area contributed by atoms with Crippen LogP contribution in [0.1, 0.15) is 13.8 Å². The Hall–Kier alpha value is -1.30. The van der Waals surface area contributed by atoms with Gasteiger partial charge in [-0.1, -0.05) is 0 Å². The number of nitrogens with two attached hydrogens (primary N) is 1. The molecule has 6 heteroatoms. The van der Waals surface area contributed by atoms with Gasteiger partial charge in [0.05, 0.1) is 0 Å². The molecule has 92 valence electrons. The van der Waals surface area contributed by atoms with Crippen LogP contribution in [0.15, 0.2) is 0 Å². The van der Waals surface area contributed by atoms with Gasteiger partial charge in [-0.3, -0.25) is 9.69 Å². The standard InChI is InChI=1S/C10H19N3O3/c1-8(2)12-3-5-13(6-4-12)9(14)7-16-10(11)15/h8H,3-7H2,1-2H3,(H2,11,15). The number of ether oxygens (including phenoxy) is 1. The second kappa shape index (κ2) is 5.69. The minimum Gasteiger partial charge on any atom is -0.440 e. The Labute approximate surface area is 95.3 Å². The van der Waals surface area contributed by atoms with Crippen LogP contribution in [0.3, 0.4) is 0 Å². The van der Waals surface area contributed by atoms with Crippen molar-refractivity contribution in [3.63, 3.8) is 0 Å². The molecule has 1 heterocycles. The van der Waals surface area contributed by atoms with Crippen LogP contribution in [0.25, 0.3) is 0 Å². The first-order valence-electron chi connectivity index (χ1n) is 5.44. The predicted molar refractivity (Wildman–Crippen MR) is 58.8 cm³/mol. The van der Waals surface area contributed by atoms with Crippen LogP contribution in [0.5, 0.6) is 0 Å². The van der Waals surface area contributed by atoms with Gasteiger partial charge in [-0.25, -0.2) is 4.79 Å². The van der Waals surface area contributed by atoms with E-state index in [0.717, 1.165) is 13.1 Å². The van der Waals surface area contributed by atoms with Crippen molar-refractivity contribution in [1.29, 1.82) is 0 Å². The highest BCUT2D eigenvalue weighted by atomic mass is 16.5. The lowest BCUT2D eigenvalue weighted by Crippen LogP contribution is -2.51. The van der Waals surface area contributed by atoms with E-state index in [-0.39, 0.29) is 12.5 Å². The van der Waals surface area contributed by atoms with Crippen molar-refractivity contribution in [3.8, 4) is 0 Å². The molecule has 2 amide bonds. The monoisotopic (exact) mass is 229 g/mol. The zero-order chi connectivity index (χ0) is 12.1. The van der Waals surface area contributed by atoms with Crippen molar-refractivity contribution < 1.29 is 14.3 Å². The quantitative estimate of drug-likeness (QED) is 0.716. The van der Waals surface area contributed by atoms with Gasteiger partial charge in [0.2, 0.25) is 0 Å². The number of amides is 2. The molecule has 0 aromatic heterocycles. The molecule has 1 aliphatic rings. The van der Waals surface area contributed by atoms with Crippen LogP contribution in [-0.2, 0) is 9.53 Å². The molecule has 16 heavy (non-hydrogen) atoms. The largest absolute Gasteiger partial charge is 0.440 e. The van der Waals surface area contributed by atoms with Gasteiger partial charge in [0, 0.05) is 32.2 Å². The van der Waals surface area contributed by atoms with E-state index in [9.17, 15) is 9.59 Å². The van der Waals surface area contributed by atoms with Gasteiger partial charge in [0.1, 0.15) is 0 Å². The molecule has 1 saturated heterocycles. The van der Waals surface area contributed by atoms with Crippen molar-refractivity contribution >= 4 is 12.0 Å². The molecule has 0 spiro atoms. The summed E-state index contributed by atoms with van der Waals surface area (Å²) in [4.78, 5) is 25.9. The first-order chi connectivity index (χ1) is 7.50. The molecule has 0 aromatic carbocycles. The highest BCUT2D eigenvalue weighted by Crippen LogP contribution is 2.05. The Morgan fingerprint density at radius 2 is 1.81 bits per heavy atom. The summed E-state index contributed by atoms with van der Waals surface area (Å²) in [5.74, 6) is -0.179. The van der Waals surface area contributed by atoms with Gasteiger partial charge < -0.3 is 15.4 Å². The Balaban J connectivity index is 2.30. The zero-order valence-corrected chi connectivity index (χ0v) is 9.81. The number of carbonyl (C=O) groups excluding carboxylic acids is 2. The van der Waals surface area contributed by atoms with E-state index in [2.05, 4.69) is 23.5 Å². The second-order valence-corrected chi connectivity index (χ2v) is 4.12. The predicted octanol–water partition coefficient (Wildman–Crippen LogP) is -0.366. The second-order valence-electron chi connectivity index (χ2n) is 4.12. The number of piperazine rings is 1. The van der Waals surface area contributed by atoms with Crippen molar-refractivity contribution in [1.82, 2.24) is 9.80 Å². The average molecular weight is 229 g/mol. The fraction of sp³-hybridized carbons (Fsp3) is 0.800. The summed E-state index contributed by atoms with van der Waals surface area (Å²) in [5.41, 5.74) is 4.79. The van der Waals surface area contributed by atoms with Crippen LogP contribution < -0.4 is 5.73 Å². The summed E-state index contributed by atoms with van der Waals surface area (Å²) in [6, 6.07) is 0.499. The van der Waals surface area contributed by atoms with E-state index >= 15 is 0 Å². The first kappa shape index (κ1) is 12.8. The van der Waals surface area contributed by atoms with E-state index in [1.54, 1.807) is 4.90 Å². The Morgan fingerprint density at radius 3 is 2.25 bits per heavy atom. The number of primary amides is 1. The molecule has 1 fully saturated rings. The molecule has 2 N–H and O–H groups in total. The van der Waals surface area contributed by atoms with Crippen LogP contribution in [0.4, 0.5) is 4.79 Å². The van der Waals surface area contributed by atoms with Crippen molar-refractivity contribution in [2.75, 3.05) is 32.8 Å². The average Bonchev–Trinajstić information content (AvgIpc) is 2.26. The minimum absolute atomic E-state index is 0.179. The van der Waals surface area contributed by atoms with Gasteiger partial charge in [-0.15, -0.1) is 0 Å². The zero-order valence-electron chi connectivity index (χ0n) is 9.81. The Bertz CT molecular complexity index is 260. The van der Waals surface area contributed by atoms with Crippen LogP contribution in [0, 0.1) is 0 Å². The number of hydrogen-bond acceptors (Lipinski definition) is 4. The molecule has 0 bridgehead atoms. The van der Waals surface area contributed by atoms with Gasteiger partial charge in [0.15, 0.2) is 6.61 Å². The Morgan fingerprint density at radius 1 is 1.25 bits per heavy atom. The first-order valence-corrected chi connectivity index (χ1v) is 5.44. The van der Waals surface area contributed by atoms with E-state index in [4.69, 9.17) is 5.73 Å². The van der Waals surface area contributed by atoms with Gasteiger partial charge in [-0.2, -0.15) is 0 Å². The molecular weight excluding hydrogens is 210 g/mol. The van der Waals surface area contributed by atoms with Crippen LogP contribution >= 0.6 is 0 Å². The third kappa shape index (κ3) is 3.69. The maximum Gasteiger partial charge on any atom is 0.405 e. The molecule has 1 aliphatic heterocycles. The Kier molecular flexibility index (Phi) is 4.54. The molecule has 0 aromatic rings. The molecule has 1 rings (SSSR count). The van der Waals surface area contributed by atoms with Crippen molar-refractivity contribution in [3.05, 3.63) is 0 Å². The minimum atomic E-state index is -0.908. The van der Waals surface area contributed by atoms with Gasteiger partial charge in [-0.05, 0) is 13.8 Å². The third-order valence-electron chi connectivity index (χ3n) is 2.74. The lowest BCUT2D eigenvalue weighted by atomic mass is 10.2. The third-order valence-corrected chi connectivity index (χ3v) is 2.74. The SMILES string of the molecule is CC(C)N1CCN(C(=O)COC(N)=O)CC1. The topological polar surface area (TPSA) is 75.9 Å². The summed E-state index contributed by atoms with van der Waals surface area (Å²) < 4.78 is 4.47. The fourth-order valence-electron chi connectivity index (χ4n) is 1.71. The number of rotatable bonds is 3. The number of carbonyl (C=O) groups is 2. The lowest BCUT2D eigenvalue weighted by molar-refractivity contribution is -0.136. The highest BCUT2D eigenvalue weighted by molar-refractivity contribution is 5.79. The highest BCUT2D eigenvalue weighted by Gasteiger charge is 2.22. The number of nitrogens with zero attached hydrogens (tertiary/aromatic N) is 2. The van der Waals surface area contributed by atoms with E-state index in [0.29, 0.717) is 19.1 Å². The number of hydrogen-bond donors (Lipinski definition) is 1. The molecule has 0 aliphatic carbocycles. The lowest BCUT2D eigenvalue weighted by Gasteiger charge is -2.36. The summed E-state index contributed by atoms with van der Waals surface area (Å²) in [6.45, 7) is 7.09. The van der Waals surface area contributed by atoms with E-state index in [1.807, 2.05) is 0 Å². The van der Waals surface area contributed by atoms with Crippen LogP contribution in [-0.4, -0.2) is 60.6 Å². The van der Waals surface area contributed by atoms with Crippen LogP contribution in [0.2, 0.25) is 0 Å². The van der Waals surface area contributed by atoms with Crippen molar-refractivity contribution in [2.45, 2.75) is 19.9 Å².